The molecule has 0 saturated carbocycles. The topological polar surface area (TPSA) is 45.4 Å². The average Bonchev–Trinajstić information content (AvgIpc) is 2.40. The molecule has 0 aliphatic carbocycles. The van der Waals surface area contributed by atoms with E-state index in [1.807, 2.05) is 12.3 Å². The van der Waals surface area contributed by atoms with E-state index in [1.54, 1.807) is 0 Å². The third-order valence-corrected chi connectivity index (χ3v) is 3.91. The fraction of sp³-hybridized carbons (Fsp3) is 0.643. The van der Waals surface area contributed by atoms with Crippen LogP contribution in [-0.2, 0) is 13.1 Å². The Morgan fingerprint density at radius 3 is 2.83 bits per heavy atom. The smallest absolute Gasteiger partial charge is 0.0584 e. The van der Waals surface area contributed by atoms with Crippen LogP contribution in [0.5, 0.6) is 0 Å². The van der Waals surface area contributed by atoms with Gasteiger partial charge in [-0.2, -0.15) is 0 Å². The molecule has 4 heteroatoms. The van der Waals surface area contributed by atoms with Crippen molar-refractivity contribution >= 4 is 0 Å². The summed E-state index contributed by atoms with van der Waals surface area (Å²) in [6.07, 6.45) is 4.33. The second-order valence-corrected chi connectivity index (χ2v) is 5.26. The van der Waals surface area contributed by atoms with Crippen molar-refractivity contribution in [2.45, 2.75) is 32.0 Å². The molecule has 2 heterocycles. The fourth-order valence-corrected chi connectivity index (χ4v) is 2.63. The van der Waals surface area contributed by atoms with Gasteiger partial charge in [0.15, 0.2) is 0 Å². The molecular formula is C14H24N4. The molecule has 2 N–H and O–H groups in total. The normalized spacial score (nSPS) is 18.4. The first kappa shape index (κ1) is 13.5. The minimum absolute atomic E-state index is 0.525. The predicted octanol–water partition coefficient (Wildman–Crippen LogP) is 1.07. The molecule has 1 aromatic heterocycles. The van der Waals surface area contributed by atoms with Crippen LogP contribution in [0.25, 0.3) is 0 Å². The fourth-order valence-electron chi connectivity index (χ4n) is 2.63. The molecule has 100 valence electrons. The zero-order valence-electron chi connectivity index (χ0n) is 11.5. The molecule has 1 fully saturated rings. The number of pyridine rings is 1. The number of hydrogen-bond donors (Lipinski definition) is 1. The maximum Gasteiger partial charge on any atom is 0.0584 e. The van der Waals surface area contributed by atoms with Crippen LogP contribution in [0.1, 0.15) is 24.1 Å². The zero-order valence-corrected chi connectivity index (χ0v) is 11.5. The number of nitrogens with zero attached hydrogens (tertiary/aromatic N) is 3. The Kier molecular flexibility index (Phi) is 4.69. The standard InChI is InChI=1S/C14H24N4/c1-17-8-5-13(6-9-17)18(2)11-12-4-3-7-16-14(12)10-15/h3-4,7,13H,5-6,8-11,15H2,1-2H3. The van der Waals surface area contributed by atoms with E-state index < -0.39 is 0 Å². The van der Waals surface area contributed by atoms with Crippen molar-refractivity contribution in [3.05, 3.63) is 29.6 Å². The second-order valence-electron chi connectivity index (χ2n) is 5.26. The number of hydrogen-bond acceptors (Lipinski definition) is 4. The maximum atomic E-state index is 5.74. The lowest BCUT2D eigenvalue weighted by Gasteiger charge is -2.35. The lowest BCUT2D eigenvalue weighted by atomic mass is 10.0. The van der Waals surface area contributed by atoms with Crippen molar-refractivity contribution in [1.29, 1.82) is 0 Å². The molecule has 0 radical (unpaired) electrons. The molecule has 0 unspecified atom stereocenters. The summed E-state index contributed by atoms with van der Waals surface area (Å²) in [7, 11) is 4.41. The molecule has 2 rings (SSSR count). The molecule has 0 atom stereocenters. The first-order chi connectivity index (χ1) is 8.70. The van der Waals surface area contributed by atoms with Gasteiger partial charge < -0.3 is 10.6 Å². The quantitative estimate of drug-likeness (QED) is 0.865. The van der Waals surface area contributed by atoms with Crippen LogP contribution in [0.2, 0.25) is 0 Å². The Balaban J connectivity index is 1.96. The van der Waals surface area contributed by atoms with E-state index in [2.05, 4.69) is 34.9 Å². The summed E-state index contributed by atoms with van der Waals surface area (Å²) in [5.74, 6) is 0. The van der Waals surface area contributed by atoms with Crippen molar-refractivity contribution in [3.8, 4) is 0 Å². The van der Waals surface area contributed by atoms with Crippen LogP contribution in [0.15, 0.2) is 18.3 Å². The van der Waals surface area contributed by atoms with E-state index in [4.69, 9.17) is 5.73 Å². The van der Waals surface area contributed by atoms with E-state index in [9.17, 15) is 0 Å². The number of aromatic nitrogens is 1. The third-order valence-electron chi connectivity index (χ3n) is 3.91. The molecule has 0 bridgehead atoms. The van der Waals surface area contributed by atoms with E-state index in [0.717, 1.165) is 12.2 Å². The van der Waals surface area contributed by atoms with Crippen LogP contribution < -0.4 is 5.73 Å². The van der Waals surface area contributed by atoms with E-state index >= 15 is 0 Å². The van der Waals surface area contributed by atoms with Crippen LogP contribution in [-0.4, -0.2) is 48.0 Å². The van der Waals surface area contributed by atoms with Gasteiger partial charge in [-0.15, -0.1) is 0 Å². The Bertz CT molecular complexity index is 372. The molecule has 1 aromatic rings. The van der Waals surface area contributed by atoms with Crippen molar-refractivity contribution in [1.82, 2.24) is 14.8 Å². The van der Waals surface area contributed by atoms with E-state index in [1.165, 1.54) is 31.5 Å². The molecule has 18 heavy (non-hydrogen) atoms. The molecule has 0 spiro atoms. The molecule has 0 aromatic carbocycles. The summed E-state index contributed by atoms with van der Waals surface area (Å²) in [5.41, 5.74) is 8.03. The highest BCUT2D eigenvalue weighted by molar-refractivity contribution is 5.19. The lowest BCUT2D eigenvalue weighted by molar-refractivity contribution is 0.139. The maximum absolute atomic E-state index is 5.74. The highest BCUT2D eigenvalue weighted by Gasteiger charge is 2.20. The Labute approximate surface area is 110 Å². The molecular weight excluding hydrogens is 224 g/mol. The van der Waals surface area contributed by atoms with Crippen molar-refractivity contribution in [2.75, 3.05) is 27.2 Å². The summed E-state index contributed by atoms with van der Waals surface area (Å²) >= 11 is 0. The number of piperidine rings is 1. The summed E-state index contributed by atoms with van der Waals surface area (Å²) in [6, 6.07) is 4.82. The van der Waals surface area contributed by atoms with Crippen LogP contribution in [0.4, 0.5) is 0 Å². The molecule has 0 amide bonds. The molecule has 1 saturated heterocycles. The minimum atomic E-state index is 0.525. The van der Waals surface area contributed by atoms with Gasteiger partial charge in [0.2, 0.25) is 0 Å². The number of nitrogens with two attached hydrogens (primary N) is 1. The molecule has 1 aliphatic rings. The van der Waals surface area contributed by atoms with Gasteiger partial charge >= 0.3 is 0 Å². The summed E-state index contributed by atoms with van der Waals surface area (Å²) in [5, 5.41) is 0. The van der Waals surface area contributed by atoms with Gasteiger partial charge in [-0.3, -0.25) is 9.88 Å². The predicted molar refractivity (Wildman–Crippen MR) is 74.1 cm³/mol. The van der Waals surface area contributed by atoms with Crippen LogP contribution in [0, 0.1) is 0 Å². The van der Waals surface area contributed by atoms with Gasteiger partial charge in [-0.25, -0.2) is 0 Å². The highest BCUT2D eigenvalue weighted by Crippen LogP contribution is 2.17. The first-order valence-electron chi connectivity index (χ1n) is 6.72. The third kappa shape index (κ3) is 3.28. The number of rotatable bonds is 4. The van der Waals surface area contributed by atoms with Crippen LogP contribution in [0.3, 0.4) is 0 Å². The van der Waals surface area contributed by atoms with Gasteiger partial charge in [-0.05, 0) is 51.7 Å². The number of likely N-dealkylation sites (tertiary alicyclic amines) is 1. The molecule has 1 aliphatic heterocycles. The van der Waals surface area contributed by atoms with Crippen molar-refractivity contribution in [3.63, 3.8) is 0 Å². The highest BCUT2D eigenvalue weighted by atomic mass is 15.2. The van der Waals surface area contributed by atoms with E-state index in [-0.39, 0.29) is 0 Å². The summed E-state index contributed by atoms with van der Waals surface area (Å²) in [6.45, 7) is 3.88. The summed E-state index contributed by atoms with van der Waals surface area (Å²) in [4.78, 5) is 9.20. The Morgan fingerprint density at radius 2 is 2.17 bits per heavy atom. The van der Waals surface area contributed by atoms with E-state index in [0.29, 0.717) is 12.6 Å². The zero-order chi connectivity index (χ0) is 13.0. The largest absolute Gasteiger partial charge is 0.325 e. The summed E-state index contributed by atoms with van der Waals surface area (Å²) < 4.78 is 0. The SMILES string of the molecule is CN1CCC(N(C)Cc2cccnc2CN)CC1. The van der Waals surface area contributed by atoms with Gasteiger partial charge in [0.05, 0.1) is 5.69 Å². The Morgan fingerprint density at radius 1 is 1.44 bits per heavy atom. The van der Waals surface area contributed by atoms with Gasteiger partial charge in [0.25, 0.3) is 0 Å². The Hall–Kier alpha value is -0.970. The minimum Gasteiger partial charge on any atom is -0.325 e. The van der Waals surface area contributed by atoms with Crippen molar-refractivity contribution in [2.24, 2.45) is 5.73 Å². The van der Waals surface area contributed by atoms with Gasteiger partial charge in [0.1, 0.15) is 0 Å². The second kappa shape index (κ2) is 6.27. The lowest BCUT2D eigenvalue weighted by Crippen LogP contribution is -2.41. The van der Waals surface area contributed by atoms with Gasteiger partial charge in [-0.1, -0.05) is 6.07 Å². The average molecular weight is 248 g/mol. The van der Waals surface area contributed by atoms with Crippen LogP contribution >= 0.6 is 0 Å². The van der Waals surface area contributed by atoms with Crippen molar-refractivity contribution < 1.29 is 0 Å². The van der Waals surface area contributed by atoms with Gasteiger partial charge in [0, 0.05) is 25.3 Å². The first-order valence-corrected chi connectivity index (χ1v) is 6.72. The monoisotopic (exact) mass is 248 g/mol. The molecule has 4 nitrogen and oxygen atoms in total.